The van der Waals surface area contributed by atoms with Crippen molar-refractivity contribution in [2.75, 3.05) is 52.1 Å². The Bertz CT molecular complexity index is 606. The molecule has 9 nitrogen and oxygen atoms in total. The zero-order valence-corrected chi connectivity index (χ0v) is 13.0. The maximum atomic E-state index is 11.7. The van der Waals surface area contributed by atoms with Gasteiger partial charge >= 0.3 is 5.97 Å². The van der Waals surface area contributed by atoms with Crippen LogP contribution in [0.15, 0.2) is 11.3 Å². The first kappa shape index (κ1) is 16.7. The second-order valence-electron chi connectivity index (χ2n) is 5.36. The molecule has 124 valence electrons. The van der Waals surface area contributed by atoms with Crippen molar-refractivity contribution in [1.29, 1.82) is 0 Å². The quantitative estimate of drug-likeness (QED) is 0.616. The zero-order chi connectivity index (χ0) is 16.5. The Morgan fingerprint density at radius 2 is 1.77 bits per heavy atom. The molecule has 2 aliphatic rings. The number of hydrogen-bond acceptors (Lipinski definition) is 6. The maximum Gasteiger partial charge on any atom is 0.337 e. The van der Waals surface area contributed by atoms with Crippen LogP contribution in [0.5, 0.6) is 0 Å². The van der Waals surface area contributed by atoms with Gasteiger partial charge in [0.15, 0.2) is 5.76 Å². The topological polar surface area (TPSA) is 118 Å². The average molecular weight is 333 g/mol. The molecule has 2 heterocycles. The Hall–Kier alpha value is -1.65. The Kier molecular flexibility index (Phi) is 4.73. The number of aliphatic hydroxyl groups excluding tert-OH is 1. The van der Waals surface area contributed by atoms with Gasteiger partial charge in [0.25, 0.3) is 5.91 Å². The van der Waals surface area contributed by atoms with Crippen LogP contribution in [0.3, 0.4) is 0 Å². The van der Waals surface area contributed by atoms with Gasteiger partial charge in [-0.1, -0.05) is 0 Å². The summed E-state index contributed by atoms with van der Waals surface area (Å²) in [7, 11) is -3.18. The van der Waals surface area contributed by atoms with Crippen LogP contribution in [0.2, 0.25) is 0 Å². The summed E-state index contributed by atoms with van der Waals surface area (Å²) in [5.41, 5.74) is -0.285. The zero-order valence-electron chi connectivity index (χ0n) is 12.2. The van der Waals surface area contributed by atoms with Crippen molar-refractivity contribution in [3.63, 3.8) is 0 Å². The van der Waals surface area contributed by atoms with Crippen molar-refractivity contribution in [1.82, 2.24) is 14.1 Å². The molecular weight excluding hydrogens is 314 g/mol. The predicted molar refractivity (Wildman–Crippen MR) is 76.7 cm³/mol. The Labute approximate surface area is 128 Å². The van der Waals surface area contributed by atoms with E-state index in [1.165, 1.54) is 15.5 Å². The first-order valence-electron chi connectivity index (χ1n) is 6.82. The molecule has 1 saturated heterocycles. The number of carboxylic acids is 1. The molecular formula is C12H19N3O6S. The standard InChI is InChI=1S/C12H19N3O6S/c1-22(20,21)15-6-3-13(4-7-15)2-5-14-8-9(12(18)19)10(16)11(14)17/h16H,2-8H2,1H3,(H,18,19). The molecule has 22 heavy (non-hydrogen) atoms. The largest absolute Gasteiger partial charge is 0.503 e. The highest BCUT2D eigenvalue weighted by Crippen LogP contribution is 2.17. The van der Waals surface area contributed by atoms with Crippen molar-refractivity contribution in [3.8, 4) is 0 Å². The number of amides is 1. The molecule has 0 aliphatic carbocycles. The number of rotatable bonds is 5. The van der Waals surface area contributed by atoms with E-state index >= 15 is 0 Å². The maximum absolute atomic E-state index is 11.7. The minimum Gasteiger partial charge on any atom is -0.503 e. The number of aliphatic carboxylic acids is 1. The summed E-state index contributed by atoms with van der Waals surface area (Å²) < 4.78 is 24.2. The third-order valence-corrected chi connectivity index (χ3v) is 5.17. The van der Waals surface area contributed by atoms with Gasteiger partial charge in [-0.15, -0.1) is 0 Å². The molecule has 1 amide bonds. The van der Waals surface area contributed by atoms with E-state index in [0.29, 0.717) is 39.3 Å². The van der Waals surface area contributed by atoms with Gasteiger partial charge in [-0.05, 0) is 0 Å². The molecule has 0 aromatic heterocycles. The molecule has 0 atom stereocenters. The van der Waals surface area contributed by atoms with Crippen molar-refractivity contribution in [3.05, 3.63) is 11.3 Å². The second kappa shape index (κ2) is 6.23. The monoisotopic (exact) mass is 333 g/mol. The van der Waals surface area contributed by atoms with Crippen LogP contribution in [0.25, 0.3) is 0 Å². The summed E-state index contributed by atoms with van der Waals surface area (Å²) in [6.07, 6.45) is 1.17. The molecule has 0 saturated carbocycles. The van der Waals surface area contributed by atoms with E-state index in [0.717, 1.165) is 0 Å². The van der Waals surface area contributed by atoms with E-state index in [-0.39, 0.29) is 12.1 Å². The third kappa shape index (κ3) is 3.57. The lowest BCUT2D eigenvalue weighted by Gasteiger charge is -2.34. The van der Waals surface area contributed by atoms with Crippen molar-refractivity contribution in [2.24, 2.45) is 0 Å². The minimum absolute atomic E-state index is 0.108. The fourth-order valence-electron chi connectivity index (χ4n) is 2.51. The molecule has 1 fully saturated rings. The van der Waals surface area contributed by atoms with E-state index in [1.54, 1.807) is 0 Å². The highest BCUT2D eigenvalue weighted by molar-refractivity contribution is 7.88. The number of carbonyl (C=O) groups is 2. The number of sulfonamides is 1. The molecule has 0 radical (unpaired) electrons. The van der Waals surface area contributed by atoms with E-state index in [4.69, 9.17) is 5.11 Å². The number of piperazine rings is 1. The van der Waals surface area contributed by atoms with Crippen LogP contribution < -0.4 is 0 Å². The Morgan fingerprint density at radius 3 is 2.23 bits per heavy atom. The lowest BCUT2D eigenvalue weighted by Crippen LogP contribution is -2.50. The van der Waals surface area contributed by atoms with Gasteiger partial charge < -0.3 is 15.1 Å². The summed E-state index contributed by atoms with van der Waals surface area (Å²) in [5, 5.41) is 18.4. The summed E-state index contributed by atoms with van der Waals surface area (Å²) >= 11 is 0. The molecule has 0 bridgehead atoms. The van der Waals surface area contributed by atoms with Crippen molar-refractivity contribution >= 4 is 21.9 Å². The van der Waals surface area contributed by atoms with Gasteiger partial charge in [0.1, 0.15) is 5.57 Å². The van der Waals surface area contributed by atoms with Crippen LogP contribution in [-0.4, -0.2) is 96.7 Å². The molecule has 0 aromatic carbocycles. The minimum atomic E-state index is -3.18. The molecule has 0 spiro atoms. The fourth-order valence-corrected chi connectivity index (χ4v) is 3.34. The summed E-state index contributed by atoms with van der Waals surface area (Å²) in [5.74, 6) is -2.67. The summed E-state index contributed by atoms with van der Waals surface area (Å²) in [6, 6.07) is 0. The highest BCUT2D eigenvalue weighted by Gasteiger charge is 2.34. The van der Waals surface area contributed by atoms with E-state index < -0.39 is 27.7 Å². The second-order valence-corrected chi connectivity index (χ2v) is 7.35. The average Bonchev–Trinajstić information content (AvgIpc) is 2.73. The SMILES string of the molecule is CS(=O)(=O)N1CCN(CCN2CC(C(=O)O)=C(O)C2=O)CC1. The first-order valence-corrected chi connectivity index (χ1v) is 8.67. The van der Waals surface area contributed by atoms with Crippen LogP contribution in [0.4, 0.5) is 0 Å². The normalized spacial score (nSPS) is 21.7. The van der Waals surface area contributed by atoms with Crippen LogP contribution >= 0.6 is 0 Å². The van der Waals surface area contributed by atoms with Crippen molar-refractivity contribution < 1.29 is 28.2 Å². The van der Waals surface area contributed by atoms with Crippen LogP contribution in [0.1, 0.15) is 0 Å². The lowest BCUT2D eigenvalue weighted by atomic mass is 10.3. The number of hydrogen-bond donors (Lipinski definition) is 2. The highest BCUT2D eigenvalue weighted by atomic mass is 32.2. The van der Waals surface area contributed by atoms with Gasteiger partial charge in [0.2, 0.25) is 10.0 Å². The first-order chi connectivity index (χ1) is 10.2. The number of nitrogens with zero attached hydrogens (tertiary/aromatic N) is 3. The van der Waals surface area contributed by atoms with E-state index in [2.05, 4.69) is 0 Å². The van der Waals surface area contributed by atoms with Gasteiger partial charge in [-0.3, -0.25) is 9.69 Å². The molecule has 2 N–H and O–H groups in total. The predicted octanol–water partition coefficient (Wildman–Crippen LogP) is -1.70. The van der Waals surface area contributed by atoms with Gasteiger partial charge in [-0.25, -0.2) is 13.2 Å². The molecule has 0 unspecified atom stereocenters. The number of carboxylic acid groups (broad SMARTS) is 1. The third-order valence-electron chi connectivity index (χ3n) is 3.87. The fraction of sp³-hybridized carbons (Fsp3) is 0.667. The van der Waals surface area contributed by atoms with Gasteiger partial charge in [0, 0.05) is 39.3 Å². The van der Waals surface area contributed by atoms with Crippen LogP contribution in [-0.2, 0) is 19.6 Å². The lowest BCUT2D eigenvalue weighted by molar-refractivity contribution is -0.133. The molecule has 0 aromatic rings. The number of carbonyl (C=O) groups excluding carboxylic acids is 1. The van der Waals surface area contributed by atoms with E-state index in [9.17, 15) is 23.1 Å². The van der Waals surface area contributed by atoms with E-state index in [1.807, 2.05) is 4.90 Å². The smallest absolute Gasteiger partial charge is 0.337 e. The summed E-state index contributed by atoms with van der Waals surface area (Å²) in [6.45, 7) is 2.60. The molecule has 2 rings (SSSR count). The van der Waals surface area contributed by atoms with Crippen molar-refractivity contribution in [2.45, 2.75) is 0 Å². The molecule has 2 aliphatic heterocycles. The van der Waals surface area contributed by atoms with Gasteiger partial charge in [0.05, 0.1) is 12.8 Å². The van der Waals surface area contributed by atoms with Gasteiger partial charge in [-0.2, -0.15) is 4.31 Å². The summed E-state index contributed by atoms with van der Waals surface area (Å²) in [4.78, 5) is 25.9. The Morgan fingerprint density at radius 1 is 1.18 bits per heavy atom. The number of aliphatic hydroxyl groups is 1. The Balaban J connectivity index is 1.82. The molecule has 10 heteroatoms. The van der Waals surface area contributed by atoms with Crippen LogP contribution in [0, 0.1) is 0 Å².